The number of hydrogen-bond donors (Lipinski definition) is 2. The van der Waals surface area contributed by atoms with Gasteiger partial charge in [0.25, 0.3) is 0 Å². The lowest BCUT2D eigenvalue weighted by atomic mass is 10.0. The Bertz CT molecular complexity index is 637. The molecular formula is C12H10N2O3. The van der Waals surface area contributed by atoms with Gasteiger partial charge in [0.1, 0.15) is 5.82 Å². The van der Waals surface area contributed by atoms with Crippen molar-refractivity contribution in [2.75, 3.05) is 5.73 Å². The Hall–Kier alpha value is -2.14. The lowest BCUT2D eigenvalue weighted by molar-refractivity contribution is 0.0697. The number of nitrogens with two attached hydrogens (primary N) is 1. The zero-order valence-corrected chi connectivity index (χ0v) is 8.93. The number of carboxylic acid groups (broad SMARTS) is 1. The number of pyridine rings is 1. The number of hydrogen-bond acceptors (Lipinski definition) is 4. The molecular weight excluding hydrogens is 220 g/mol. The smallest absolute Gasteiger partial charge is 0.335 e. The van der Waals surface area contributed by atoms with Crippen LogP contribution in [0.4, 0.5) is 5.82 Å². The molecule has 1 aliphatic heterocycles. The molecule has 0 spiro atoms. The summed E-state index contributed by atoms with van der Waals surface area (Å²) in [6.45, 7) is 0.906. The molecule has 0 amide bonds. The average Bonchev–Trinajstić information content (AvgIpc) is 2.78. The summed E-state index contributed by atoms with van der Waals surface area (Å²) in [5.74, 6) is -0.482. The first-order valence-electron chi connectivity index (χ1n) is 5.19. The topological polar surface area (TPSA) is 85.4 Å². The van der Waals surface area contributed by atoms with Gasteiger partial charge in [-0.05, 0) is 23.8 Å². The number of fused-ring (bicyclic) bond motifs is 3. The van der Waals surface area contributed by atoms with Crippen molar-refractivity contribution in [2.45, 2.75) is 13.2 Å². The Morgan fingerprint density at radius 2 is 2.12 bits per heavy atom. The van der Waals surface area contributed by atoms with E-state index >= 15 is 0 Å². The van der Waals surface area contributed by atoms with E-state index in [1.807, 2.05) is 0 Å². The van der Waals surface area contributed by atoms with Gasteiger partial charge in [0, 0.05) is 10.9 Å². The molecule has 0 radical (unpaired) electrons. The normalized spacial score (nSPS) is 13.9. The highest BCUT2D eigenvalue weighted by atomic mass is 16.5. The van der Waals surface area contributed by atoms with Crippen LogP contribution in [-0.4, -0.2) is 16.1 Å². The fourth-order valence-corrected chi connectivity index (χ4v) is 2.10. The van der Waals surface area contributed by atoms with Crippen LogP contribution in [0, 0.1) is 0 Å². The highest BCUT2D eigenvalue weighted by molar-refractivity contribution is 5.95. The number of nitrogen functional groups attached to an aromatic ring is 1. The van der Waals surface area contributed by atoms with Gasteiger partial charge in [0.2, 0.25) is 0 Å². The number of carboxylic acids is 1. The number of nitrogens with zero attached hydrogens (tertiary/aromatic N) is 1. The summed E-state index contributed by atoms with van der Waals surface area (Å²) >= 11 is 0. The Labute approximate surface area is 96.8 Å². The molecule has 0 aliphatic carbocycles. The maximum absolute atomic E-state index is 10.9. The molecule has 0 saturated heterocycles. The number of carbonyl (C=O) groups is 1. The molecule has 0 saturated carbocycles. The maximum Gasteiger partial charge on any atom is 0.335 e. The minimum absolute atomic E-state index is 0.248. The van der Waals surface area contributed by atoms with Crippen LogP contribution in [0.2, 0.25) is 0 Å². The molecule has 2 aromatic rings. The van der Waals surface area contributed by atoms with Gasteiger partial charge in [-0.3, -0.25) is 0 Å². The van der Waals surface area contributed by atoms with Gasteiger partial charge in [-0.1, -0.05) is 0 Å². The lowest BCUT2D eigenvalue weighted by Gasteiger charge is -2.07. The summed E-state index contributed by atoms with van der Waals surface area (Å²) in [6, 6.07) is 4.82. The summed E-state index contributed by atoms with van der Waals surface area (Å²) in [7, 11) is 0. The van der Waals surface area contributed by atoms with Crippen molar-refractivity contribution in [1.29, 1.82) is 0 Å². The Balaban J connectivity index is 2.35. The van der Waals surface area contributed by atoms with E-state index in [-0.39, 0.29) is 5.56 Å². The van der Waals surface area contributed by atoms with Gasteiger partial charge in [-0.25, -0.2) is 9.78 Å². The minimum Gasteiger partial charge on any atom is -0.478 e. The van der Waals surface area contributed by atoms with Crippen LogP contribution in [0.5, 0.6) is 0 Å². The Kier molecular flexibility index (Phi) is 2.02. The number of benzene rings is 1. The molecule has 1 aromatic carbocycles. The summed E-state index contributed by atoms with van der Waals surface area (Å²) in [4.78, 5) is 15.2. The van der Waals surface area contributed by atoms with E-state index in [9.17, 15) is 4.79 Å². The summed E-state index contributed by atoms with van der Waals surface area (Å²) < 4.78 is 5.34. The van der Waals surface area contributed by atoms with Crippen molar-refractivity contribution in [3.05, 3.63) is 34.9 Å². The predicted molar refractivity (Wildman–Crippen MR) is 61.6 cm³/mol. The number of ether oxygens (including phenoxy) is 1. The largest absolute Gasteiger partial charge is 0.478 e. The molecule has 5 heteroatoms. The molecule has 1 aliphatic rings. The quantitative estimate of drug-likeness (QED) is 0.776. The Morgan fingerprint density at radius 3 is 2.88 bits per heavy atom. The van der Waals surface area contributed by atoms with Crippen LogP contribution in [0.1, 0.15) is 21.5 Å². The van der Waals surface area contributed by atoms with Crippen molar-refractivity contribution in [2.24, 2.45) is 0 Å². The van der Waals surface area contributed by atoms with Crippen LogP contribution >= 0.6 is 0 Å². The standard InChI is InChI=1S/C12H10N2O3/c13-11-9-5-17-4-8(9)7-3-6(12(15)16)1-2-10(7)14-11/h1-3H,4-5H2,(H2,13,14)(H,15,16). The molecule has 0 bridgehead atoms. The summed E-state index contributed by atoms with van der Waals surface area (Å²) in [5, 5.41) is 9.78. The third-order valence-electron chi connectivity index (χ3n) is 2.98. The highest BCUT2D eigenvalue weighted by Gasteiger charge is 2.19. The number of rotatable bonds is 1. The van der Waals surface area contributed by atoms with E-state index in [1.165, 1.54) is 6.07 Å². The average molecular weight is 230 g/mol. The molecule has 1 aromatic heterocycles. The Morgan fingerprint density at radius 1 is 1.35 bits per heavy atom. The van der Waals surface area contributed by atoms with Crippen LogP contribution in [0.25, 0.3) is 10.9 Å². The first kappa shape index (κ1) is 10.0. The molecule has 86 valence electrons. The van der Waals surface area contributed by atoms with Gasteiger partial charge < -0.3 is 15.6 Å². The third kappa shape index (κ3) is 1.43. The first-order valence-corrected chi connectivity index (χ1v) is 5.19. The number of aromatic carboxylic acids is 1. The minimum atomic E-state index is -0.948. The highest BCUT2D eigenvalue weighted by Crippen LogP contribution is 2.31. The summed E-state index contributed by atoms with van der Waals surface area (Å²) in [5.41, 5.74) is 8.61. The fourth-order valence-electron chi connectivity index (χ4n) is 2.10. The maximum atomic E-state index is 10.9. The van der Waals surface area contributed by atoms with Crippen LogP contribution in [-0.2, 0) is 18.0 Å². The van der Waals surface area contributed by atoms with Gasteiger partial charge in [-0.15, -0.1) is 0 Å². The van der Waals surface area contributed by atoms with E-state index < -0.39 is 5.97 Å². The molecule has 5 nitrogen and oxygen atoms in total. The van der Waals surface area contributed by atoms with Gasteiger partial charge in [-0.2, -0.15) is 0 Å². The van der Waals surface area contributed by atoms with Crippen molar-refractivity contribution < 1.29 is 14.6 Å². The van der Waals surface area contributed by atoms with Crippen LogP contribution < -0.4 is 5.73 Å². The van der Waals surface area contributed by atoms with Crippen molar-refractivity contribution >= 4 is 22.7 Å². The van der Waals surface area contributed by atoms with Crippen molar-refractivity contribution in [3.8, 4) is 0 Å². The summed E-state index contributed by atoms with van der Waals surface area (Å²) in [6.07, 6.45) is 0. The van der Waals surface area contributed by atoms with Crippen LogP contribution in [0.3, 0.4) is 0 Å². The van der Waals surface area contributed by atoms with Gasteiger partial charge >= 0.3 is 5.97 Å². The lowest BCUT2D eigenvalue weighted by Crippen LogP contribution is -2.01. The van der Waals surface area contributed by atoms with Gasteiger partial charge in [0.15, 0.2) is 0 Å². The first-order chi connectivity index (χ1) is 8.16. The van der Waals surface area contributed by atoms with E-state index in [4.69, 9.17) is 15.6 Å². The number of anilines is 1. The second-order valence-electron chi connectivity index (χ2n) is 3.98. The van der Waals surface area contributed by atoms with E-state index in [0.717, 1.165) is 16.5 Å². The SMILES string of the molecule is Nc1nc2ccc(C(=O)O)cc2c2c1COC2. The van der Waals surface area contributed by atoms with E-state index in [1.54, 1.807) is 12.1 Å². The molecule has 17 heavy (non-hydrogen) atoms. The third-order valence-corrected chi connectivity index (χ3v) is 2.98. The monoisotopic (exact) mass is 230 g/mol. The van der Waals surface area contributed by atoms with Crippen molar-refractivity contribution in [1.82, 2.24) is 4.98 Å². The fraction of sp³-hybridized carbons (Fsp3) is 0.167. The molecule has 0 unspecified atom stereocenters. The second-order valence-corrected chi connectivity index (χ2v) is 3.98. The molecule has 3 rings (SSSR count). The zero-order chi connectivity index (χ0) is 12.0. The molecule has 0 fully saturated rings. The van der Waals surface area contributed by atoms with Crippen LogP contribution in [0.15, 0.2) is 18.2 Å². The van der Waals surface area contributed by atoms with E-state index in [0.29, 0.717) is 24.5 Å². The molecule has 3 N–H and O–H groups in total. The van der Waals surface area contributed by atoms with Gasteiger partial charge in [0.05, 0.1) is 24.3 Å². The predicted octanol–water partition coefficient (Wildman–Crippen LogP) is 1.55. The molecule has 0 atom stereocenters. The second kappa shape index (κ2) is 3.43. The van der Waals surface area contributed by atoms with E-state index in [2.05, 4.69) is 4.98 Å². The molecule has 2 heterocycles. The van der Waals surface area contributed by atoms with Crippen molar-refractivity contribution in [3.63, 3.8) is 0 Å². The number of aromatic nitrogens is 1. The zero-order valence-electron chi connectivity index (χ0n) is 8.93.